The van der Waals surface area contributed by atoms with Gasteiger partial charge in [0.15, 0.2) is 18.3 Å². The Kier molecular flexibility index (Phi) is 37.0. The molecule has 0 aromatic heterocycles. The minimum atomic E-state index is -2.03. The molecule has 17 N–H and O–H groups in total. The Hall–Kier alpha value is -1.10. The van der Waals surface area contributed by atoms with Crippen molar-refractivity contribution in [1.82, 2.24) is 29.4 Å². The fourth-order valence-electron chi connectivity index (χ4n) is 8.46. The maximum absolute atomic E-state index is 15.6. The quantitative estimate of drug-likeness (QED) is 0.0300. The van der Waals surface area contributed by atoms with Crippen LogP contribution in [0.2, 0.25) is 0 Å². The summed E-state index contributed by atoms with van der Waals surface area (Å²) in [6, 6.07) is 0. The van der Waals surface area contributed by atoms with Crippen LogP contribution in [0.3, 0.4) is 0 Å². The van der Waals surface area contributed by atoms with Gasteiger partial charge in [0.1, 0.15) is 0 Å². The first-order valence-electron chi connectivity index (χ1n) is 27.0. The summed E-state index contributed by atoms with van der Waals surface area (Å²) in [7, 11) is 6.26. The lowest BCUT2D eigenvalue weighted by atomic mass is 10.0. The second kappa shape index (κ2) is 39.9. The van der Waals surface area contributed by atoms with Gasteiger partial charge in [-0.2, -0.15) is 0 Å². The number of nitrogens with zero attached hydrogens (tertiary/aromatic N) is 6. The number of likely N-dealkylation sites (N-methyl/N-ethyl adjacent to an activating group) is 5. The average Bonchev–Trinajstić information content (AvgIpc) is 0.776. The maximum Gasteiger partial charge on any atom is 0.256 e. The normalized spacial score (nSPS) is 13.9. The van der Waals surface area contributed by atoms with Gasteiger partial charge in [-0.05, 0) is 203 Å². The number of nitrogens with one attached hydrogen (secondary N) is 3. The Balaban J connectivity index is 2.39. The molecule has 0 bridgehead atoms. The lowest BCUT2D eigenvalue weighted by molar-refractivity contribution is -0.126. The minimum absolute atomic E-state index is 0.00678. The largest absolute Gasteiger partial charge is 0.394 e. The van der Waals surface area contributed by atoms with Crippen molar-refractivity contribution in [1.29, 1.82) is 0 Å². The van der Waals surface area contributed by atoms with Gasteiger partial charge < -0.3 is 117 Å². The highest BCUT2D eigenvalue weighted by Gasteiger charge is 2.38. The van der Waals surface area contributed by atoms with Gasteiger partial charge in [0, 0.05) is 91.8 Å². The Bertz CT molecular complexity index is 3200. The number of aliphatic hydroxyl groups is 14. The molecule has 3 aromatic rings. The molecule has 0 fully saturated rings. The van der Waals surface area contributed by atoms with Gasteiger partial charge >= 0.3 is 0 Å². The third kappa shape index (κ3) is 22.0. The van der Waals surface area contributed by atoms with Gasteiger partial charge in [0.05, 0.1) is 142 Å². The highest BCUT2D eigenvalue weighted by molar-refractivity contribution is 14.1. The molecule has 0 saturated carbocycles. The van der Waals surface area contributed by atoms with E-state index in [9.17, 15) is 110 Å². The molecule has 9 amide bonds. The molecular weight excluding hydrogens is 2270 g/mol. The van der Waals surface area contributed by atoms with Crippen LogP contribution in [-0.4, -0.2) is 324 Å². The molecule has 0 aliphatic rings. The van der Waals surface area contributed by atoms with Crippen LogP contribution in [0.15, 0.2) is 0 Å². The Morgan fingerprint density at radius 1 is 0.287 bits per heavy atom. The van der Waals surface area contributed by atoms with E-state index in [0.717, 1.165) is 29.4 Å². The summed E-state index contributed by atoms with van der Waals surface area (Å²) >= 11 is 15.3. The number of hydrogen-bond acceptors (Lipinski definition) is 23. The van der Waals surface area contributed by atoms with Crippen LogP contribution >= 0.6 is 203 Å². The summed E-state index contributed by atoms with van der Waals surface area (Å²) in [6.07, 6.45) is -13.9. The van der Waals surface area contributed by atoms with Crippen LogP contribution in [0.5, 0.6) is 0 Å². The SMILES string of the molecule is CN(CC(O)CO)C(=O)c1c(I)c(NC(=O)C(O)CO)c(I)c(C(=O)N(C)CC(O)CN(CC(O)CN(C)C(=O)c2c(I)c(NC(=O)C(O)CO)c(I)c(C(=O)N(C)CC(O)CO)c2I)C(=O)c2c(I)c(NC(=O)C(O)CO)c(I)c(C(=O)N(C)CC(O)CO)c2I)c1I. The predicted octanol–water partition coefficient (Wildman–Crippen LogP) is -2.01. The second-order valence-electron chi connectivity index (χ2n) is 20.7. The van der Waals surface area contributed by atoms with E-state index in [0.29, 0.717) is 0 Å². The van der Waals surface area contributed by atoms with Gasteiger partial charge in [-0.15, -0.1) is 0 Å². The highest BCUT2D eigenvalue weighted by Crippen LogP contribution is 2.41. The Morgan fingerprint density at radius 2 is 0.468 bits per heavy atom. The van der Waals surface area contributed by atoms with Gasteiger partial charge in [0.25, 0.3) is 53.2 Å². The van der Waals surface area contributed by atoms with Crippen molar-refractivity contribution in [3.05, 3.63) is 65.5 Å². The molecule has 41 heteroatoms. The zero-order valence-electron chi connectivity index (χ0n) is 49.8. The van der Waals surface area contributed by atoms with Crippen molar-refractivity contribution in [2.45, 2.75) is 48.8 Å². The summed E-state index contributed by atoms with van der Waals surface area (Å²) < 4.78 is -0.230. The minimum Gasteiger partial charge on any atom is -0.394 e. The molecule has 524 valence electrons. The number of carbonyl (C=O) groups is 9. The second-order valence-corrected chi connectivity index (χ2v) is 30.4. The summed E-state index contributed by atoms with van der Waals surface area (Å²) in [5.41, 5.74) is -2.17. The molecule has 3 aromatic carbocycles. The monoisotopic (exact) mass is 2340 g/mol. The zero-order valence-corrected chi connectivity index (χ0v) is 69.2. The van der Waals surface area contributed by atoms with Crippen LogP contribution < -0.4 is 16.0 Å². The third-order valence-electron chi connectivity index (χ3n) is 13.3. The van der Waals surface area contributed by atoms with E-state index in [4.69, 9.17) is 0 Å². The number of carbonyl (C=O) groups excluding carboxylic acids is 9. The fourth-order valence-corrected chi connectivity index (χ4v) is 21.5. The van der Waals surface area contributed by atoms with E-state index in [-0.39, 0.29) is 77.0 Å². The average molecular weight is 2340 g/mol. The molecule has 3 rings (SSSR count). The molecule has 94 heavy (non-hydrogen) atoms. The van der Waals surface area contributed by atoms with E-state index in [2.05, 4.69) is 16.0 Å². The van der Waals surface area contributed by atoms with Crippen molar-refractivity contribution in [2.75, 3.05) is 137 Å². The number of amides is 9. The summed E-state index contributed by atoms with van der Waals surface area (Å²) in [5, 5.41) is 151. The first-order valence-corrected chi connectivity index (χ1v) is 36.7. The van der Waals surface area contributed by atoms with Gasteiger partial charge in [-0.3, -0.25) is 43.2 Å². The van der Waals surface area contributed by atoms with Gasteiger partial charge in [0.2, 0.25) is 0 Å². The maximum atomic E-state index is 15.6. The number of benzene rings is 3. The van der Waals surface area contributed by atoms with Crippen molar-refractivity contribution < 1.29 is 115 Å². The molecule has 0 aliphatic carbocycles. The van der Waals surface area contributed by atoms with E-state index in [1.165, 1.54) is 35.2 Å². The molecule has 0 aliphatic heterocycles. The van der Waals surface area contributed by atoms with E-state index >= 15 is 4.79 Å². The van der Waals surface area contributed by atoms with E-state index in [1.54, 1.807) is 203 Å². The summed E-state index contributed by atoms with van der Waals surface area (Å²) in [5.74, 6) is -8.92. The Morgan fingerprint density at radius 3 is 0.649 bits per heavy atom. The van der Waals surface area contributed by atoms with Gasteiger partial charge in [-0.25, -0.2) is 0 Å². The standard InChI is InChI=1S/C53H66I9N9O23/c1-66(48(89)27-33(54)29(50(91)68(3)8-21(80)13-72)38(59)42(36(27)57)63-45(86)24(83)16-75)6-19(78)11-71(53(94)32-35(56)31(52(93)70(5)10-23(82)15-74)40(61)44(41(32)62)65-47(88)26(85)18-77)12-20(79)7-67(2)49(90)28-34(55)30(51(92)69(4)9-22(81)14-73)39(60)43(37(28)58)64-46(87)25(84)17-76/h19-26,72-85H,6-18H2,1-5H3,(H,63,86)(H,64,87)(H,65,88). The molecule has 32 nitrogen and oxygen atoms in total. The smallest absolute Gasteiger partial charge is 0.256 e. The summed E-state index contributed by atoms with van der Waals surface area (Å²) in [4.78, 5) is 133. The number of halogens is 9. The highest BCUT2D eigenvalue weighted by atomic mass is 127. The van der Waals surface area contributed by atoms with Crippen molar-refractivity contribution in [3.63, 3.8) is 0 Å². The third-order valence-corrected chi connectivity index (χ3v) is 23.1. The van der Waals surface area contributed by atoms with Crippen molar-refractivity contribution >= 4 is 274 Å². The van der Waals surface area contributed by atoms with Crippen molar-refractivity contribution in [3.8, 4) is 0 Å². The first-order chi connectivity index (χ1) is 43.8. The van der Waals surface area contributed by atoms with E-state index in [1.807, 2.05) is 0 Å². The van der Waals surface area contributed by atoms with Crippen LogP contribution in [0, 0.1) is 32.1 Å². The molecule has 0 spiro atoms. The molecule has 8 atom stereocenters. The molecule has 0 saturated heterocycles. The van der Waals surface area contributed by atoms with Gasteiger partial charge in [-0.1, -0.05) is 0 Å². The lowest BCUT2D eigenvalue weighted by Gasteiger charge is -2.32. The number of hydrogen-bond donors (Lipinski definition) is 17. The number of rotatable bonds is 32. The fraction of sp³-hybridized carbons (Fsp3) is 0.491. The van der Waals surface area contributed by atoms with Crippen LogP contribution in [-0.2, 0) is 14.4 Å². The topological polar surface area (TPSA) is 492 Å². The lowest BCUT2D eigenvalue weighted by Crippen LogP contribution is -2.48. The zero-order chi connectivity index (χ0) is 72.0. The summed E-state index contributed by atoms with van der Waals surface area (Å²) in [6.45, 7) is -9.63. The van der Waals surface area contributed by atoms with Crippen LogP contribution in [0.25, 0.3) is 0 Å². The number of anilines is 3. The first kappa shape index (κ1) is 87.1. The number of aliphatic hydroxyl groups excluding tert-OH is 14. The molecular formula is C53H66I9N9O23. The van der Waals surface area contributed by atoms with E-state index < -0.39 is 193 Å². The van der Waals surface area contributed by atoms with Crippen LogP contribution in [0.1, 0.15) is 62.1 Å². The predicted molar refractivity (Wildman–Crippen MR) is 411 cm³/mol. The van der Waals surface area contributed by atoms with Crippen LogP contribution in [0.4, 0.5) is 17.1 Å². The molecule has 0 heterocycles. The molecule has 0 radical (unpaired) electrons. The Labute approximate surface area is 659 Å². The molecule has 8 unspecified atom stereocenters. The van der Waals surface area contributed by atoms with Crippen molar-refractivity contribution in [2.24, 2.45) is 0 Å².